The standard InChI is InChI=1S/C10H8BrClF2O2/c11-4-3-8(15)6-1-2-7(12)9(5-6)16-10(13)14/h1-2,5,10H,3-4H2. The first kappa shape index (κ1) is 13.4. The van der Waals surface area contributed by atoms with Gasteiger partial charge in [0.05, 0.1) is 5.02 Å². The van der Waals surface area contributed by atoms with Crippen molar-refractivity contribution in [2.75, 3.05) is 5.33 Å². The molecule has 0 saturated heterocycles. The van der Waals surface area contributed by atoms with Crippen LogP contribution >= 0.6 is 27.5 Å². The smallest absolute Gasteiger partial charge is 0.387 e. The van der Waals surface area contributed by atoms with Gasteiger partial charge in [0.25, 0.3) is 0 Å². The van der Waals surface area contributed by atoms with Crippen LogP contribution in [0.3, 0.4) is 0 Å². The molecule has 0 aromatic heterocycles. The molecule has 1 rings (SSSR count). The summed E-state index contributed by atoms with van der Waals surface area (Å²) in [6.45, 7) is -2.96. The van der Waals surface area contributed by atoms with Crippen molar-refractivity contribution in [1.82, 2.24) is 0 Å². The predicted octanol–water partition coefficient (Wildman–Crippen LogP) is 3.91. The van der Waals surface area contributed by atoms with Crippen molar-refractivity contribution in [2.45, 2.75) is 13.0 Å². The lowest BCUT2D eigenvalue weighted by molar-refractivity contribution is -0.0498. The van der Waals surface area contributed by atoms with E-state index in [0.717, 1.165) is 0 Å². The van der Waals surface area contributed by atoms with Gasteiger partial charge in [-0.05, 0) is 18.2 Å². The van der Waals surface area contributed by atoms with Gasteiger partial charge in [0.15, 0.2) is 5.78 Å². The van der Waals surface area contributed by atoms with Gasteiger partial charge in [-0.2, -0.15) is 8.78 Å². The first-order valence-electron chi connectivity index (χ1n) is 4.38. The molecular formula is C10H8BrClF2O2. The molecule has 0 aliphatic carbocycles. The van der Waals surface area contributed by atoms with Crippen molar-refractivity contribution in [2.24, 2.45) is 0 Å². The van der Waals surface area contributed by atoms with Crippen molar-refractivity contribution in [3.63, 3.8) is 0 Å². The number of alkyl halides is 3. The minimum absolute atomic E-state index is 0.0516. The highest BCUT2D eigenvalue weighted by Gasteiger charge is 2.12. The monoisotopic (exact) mass is 312 g/mol. The molecule has 6 heteroatoms. The van der Waals surface area contributed by atoms with Crippen molar-refractivity contribution in [1.29, 1.82) is 0 Å². The number of hydrogen-bond acceptors (Lipinski definition) is 2. The van der Waals surface area contributed by atoms with Crippen LogP contribution in [0.1, 0.15) is 16.8 Å². The van der Waals surface area contributed by atoms with Gasteiger partial charge in [-0.15, -0.1) is 0 Å². The van der Waals surface area contributed by atoms with Crippen LogP contribution in [-0.2, 0) is 0 Å². The van der Waals surface area contributed by atoms with Crippen molar-refractivity contribution in [3.05, 3.63) is 28.8 Å². The van der Waals surface area contributed by atoms with E-state index in [-0.39, 0.29) is 23.0 Å². The van der Waals surface area contributed by atoms with E-state index in [4.69, 9.17) is 11.6 Å². The Bertz CT molecular complexity index is 385. The van der Waals surface area contributed by atoms with E-state index in [1.165, 1.54) is 18.2 Å². The van der Waals surface area contributed by atoms with E-state index in [2.05, 4.69) is 20.7 Å². The summed E-state index contributed by atoms with van der Waals surface area (Å²) in [6.07, 6.45) is 0.287. The highest BCUT2D eigenvalue weighted by molar-refractivity contribution is 9.09. The Morgan fingerprint density at radius 2 is 2.19 bits per heavy atom. The number of halogens is 4. The number of benzene rings is 1. The maximum absolute atomic E-state index is 12.0. The second kappa shape index (κ2) is 6.15. The van der Waals surface area contributed by atoms with E-state index in [1.54, 1.807) is 0 Å². The fraction of sp³-hybridized carbons (Fsp3) is 0.300. The molecule has 0 atom stereocenters. The molecule has 0 aliphatic rings. The summed E-state index contributed by atoms with van der Waals surface area (Å²) in [4.78, 5) is 11.5. The first-order chi connectivity index (χ1) is 7.54. The summed E-state index contributed by atoms with van der Waals surface area (Å²) in [6, 6.07) is 4.06. The topological polar surface area (TPSA) is 26.3 Å². The molecule has 0 saturated carbocycles. The summed E-state index contributed by atoms with van der Waals surface area (Å²) in [5.41, 5.74) is 0.305. The van der Waals surface area contributed by atoms with Crippen LogP contribution < -0.4 is 4.74 Å². The molecule has 0 unspecified atom stereocenters. The van der Waals surface area contributed by atoms with Crippen LogP contribution in [0.15, 0.2) is 18.2 Å². The lowest BCUT2D eigenvalue weighted by Crippen LogP contribution is -2.05. The normalized spacial score (nSPS) is 10.6. The summed E-state index contributed by atoms with van der Waals surface area (Å²) < 4.78 is 28.2. The number of rotatable bonds is 5. The van der Waals surface area contributed by atoms with Crippen LogP contribution in [0.4, 0.5) is 8.78 Å². The maximum atomic E-state index is 12.0. The number of ketones is 1. The average Bonchev–Trinajstić information content (AvgIpc) is 2.21. The predicted molar refractivity (Wildman–Crippen MR) is 60.8 cm³/mol. The van der Waals surface area contributed by atoms with Gasteiger partial charge in [-0.1, -0.05) is 27.5 Å². The zero-order valence-corrected chi connectivity index (χ0v) is 10.4. The number of carbonyl (C=O) groups excluding carboxylic acids is 1. The lowest BCUT2D eigenvalue weighted by Gasteiger charge is -2.08. The zero-order valence-electron chi connectivity index (χ0n) is 8.05. The molecule has 0 aliphatic heterocycles. The van der Waals surface area contributed by atoms with E-state index in [1.807, 2.05) is 0 Å². The van der Waals surface area contributed by atoms with Gasteiger partial charge in [0.2, 0.25) is 0 Å². The van der Waals surface area contributed by atoms with Gasteiger partial charge >= 0.3 is 6.61 Å². The van der Waals surface area contributed by atoms with Gasteiger partial charge < -0.3 is 4.74 Å². The molecule has 0 N–H and O–H groups in total. The third-order valence-electron chi connectivity index (χ3n) is 1.79. The molecule has 1 aromatic rings. The Morgan fingerprint density at radius 1 is 1.50 bits per heavy atom. The quantitative estimate of drug-likeness (QED) is 0.608. The molecular weight excluding hydrogens is 305 g/mol. The molecule has 0 spiro atoms. The molecule has 0 heterocycles. The van der Waals surface area contributed by atoms with Crippen LogP contribution in [0.5, 0.6) is 5.75 Å². The Labute approximate surface area is 105 Å². The average molecular weight is 314 g/mol. The number of ether oxygens (including phenoxy) is 1. The maximum Gasteiger partial charge on any atom is 0.387 e. The molecule has 0 fully saturated rings. The third kappa shape index (κ3) is 3.72. The highest BCUT2D eigenvalue weighted by atomic mass is 79.9. The van der Waals surface area contributed by atoms with Crippen molar-refractivity contribution in [3.8, 4) is 5.75 Å². The fourth-order valence-electron chi connectivity index (χ4n) is 1.09. The van der Waals surface area contributed by atoms with E-state index >= 15 is 0 Å². The second-order valence-corrected chi connectivity index (χ2v) is 4.09. The van der Waals surface area contributed by atoms with Gasteiger partial charge in [0, 0.05) is 17.3 Å². The van der Waals surface area contributed by atoms with Gasteiger partial charge in [0.1, 0.15) is 5.75 Å². The minimum atomic E-state index is -2.96. The Morgan fingerprint density at radius 3 is 2.75 bits per heavy atom. The SMILES string of the molecule is O=C(CCBr)c1ccc(Cl)c(OC(F)F)c1. The molecule has 2 nitrogen and oxygen atoms in total. The van der Waals surface area contributed by atoms with Crippen LogP contribution in [0.2, 0.25) is 5.02 Å². The fourth-order valence-corrected chi connectivity index (χ4v) is 1.62. The Kier molecular flexibility index (Phi) is 5.15. The van der Waals surface area contributed by atoms with Crippen LogP contribution in [0.25, 0.3) is 0 Å². The van der Waals surface area contributed by atoms with E-state index in [0.29, 0.717) is 10.9 Å². The lowest BCUT2D eigenvalue weighted by atomic mass is 10.1. The molecule has 88 valence electrons. The van der Waals surface area contributed by atoms with E-state index < -0.39 is 6.61 Å². The minimum Gasteiger partial charge on any atom is -0.433 e. The third-order valence-corrected chi connectivity index (χ3v) is 2.50. The molecule has 0 bridgehead atoms. The Balaban J connectivity index is 2.93. The molecule has 1 aromatic carbocycles. The molecule has 16 heavy (non-hydrogen) atoms. The second-order valence-electron chi connectivity index (χ2n) is 2.89. The number of hydrogen-bond donors (Lipinski definition) is 0. The largest absolute Gasteiger partial charge is 0.433 e. The van der Waals surface area contributed by atoms with Gasteiger partial charge in [-0.25, -0.2) is 0 Å². The van der Waals surface area contributed by atoms with Crippen LogP contribution in [0, 0.1) is 0 Å². The molecule has 0 radical (unpaired) electrons. The van der Waals surface area contributed by atoms with Gasteiger partial charge in [-0.3, -0.25) is 4.79 Å². The highest BCUT2D eigenvalue weighted by Crippen LogP contribution is 2.27. The number of Topliss-reactive ketones (excluding diaryl/α,β-unsaturated/α-hetero) is 1. The first-order valence-corrected chi connectivity index (χ1v) is 5.88. The van der Waals surface area contributed by atoms with Crippen molar-refractivity contribution < 1.29 is 18.3 Å². The number of carbonyl (C=O) groups is 1. The molecule has 0 amide bonds. The zero-order chi connectivity index (χ0) is 12.1. The summed E-state index contributed by atoms with van der Waals surface area (Å²) in [7, 11) is 0. The van der Waals surface area contributed by atoms with Crippen molar-refractivity contribution >= 4 is 33.3 Å². The van der Waals surface area contributed by atoms with Crippen LogP contribution in [-0.4, -0.2) is 17.7 Å². The Hall–Kier alpha value is -0.680. The summed E-state index contributed by atoms with van der Waals surface area (Å²) >= 11 is 8.77. The van der Waals surface area contributed by atoms with E-state index in [9.17, 15) is 13.6 Å². The summed E-state index contributed by atoms with van der Waals surface area (Å²) in [5.74, 6) is -0.343. The summed E-state index contributed by atoms with van der Waals surface area (Å²) in [5, 5.41) is 0.565.